The second kappa shape index (κ2) is 8.20. The van der Waals surface area contributed by atoms with Gasteiger partial charge in [-0.15, -0.1) is 5.10 Å². The molecule has 1 N–H and O–H groups in total. The second-order valence-corrected chi connectivity index (χ2v) is 8.77. The molecule has 0 radical (unpaired) electrons. The van der Waals surface area contributed by atoms with Crippen molar-refractivity contribution in [3.63, 3.8) is 0 Å². The van der Waals surface area contributed by atoms with E-state index in [9.17, 15) is 5.11 Å². The molecule has 0 bridgehead atoms. The Morgan fingerprint density at radius 2 is 1.66 bits per heavy atom. The van der Waals surface area contributed by atoms with Crippen molar-refractivity contribution in [2.24, 2.45) is 0 Å². The molecule has 6 heteroatoms. The van der Waals surface area contributed by atoms with Crippen LogP contribution in [0.3, 0.4) is 0 Å². The van der Waals surface area contributed by atoms with Crippen molar-refractivity contribution in [3.05, 3.63) is 89.7 Å². The Morgan fingerprint density at radius 3 is 2.34 bits per heavy atom. The van der Waals surface area contributed by atoms with E-state index in [4.69, 9.17) is 4.74 Å². The van der Waals surface area contributed by atoms with E-state index in [0.717, 1.165) is 47.4 Å². The maximum atomic E-state index is 10.1. The summed E-state index contributed by atoms with van der Waals surface area (Å²) in [5.74, 6) is 1.46. The molecular weight excluding hydrogens is 400 g/mol. The Morgan fingerprint density at radius 1 is 0.938 bits per heavy atom. The van der Waals surface area contributed by atoms with Gasteiger partial charge in [-0.05, 0) is 25.5 Å². The summed E-state index contributed by atoms with van der Waals surface area (Å²) in [4.78, 5) is 6.53. The molecule has 1 aliphatic heterocycles. The summed E-state index contributed by atoms with van der Waals surface area (Å²) in [5.41, 5.74) is 2.06. The first kappa shape index (κ1) is 20.4. The highest BCUT2D eigenvalue weighted by atomic mass is 16.5. The van der Waals surface area contributed by atoms with E-state index in [1.165, 1.54) is 5.56 Å². The number of hydrogen-bond acceptors (Lipinski definition) is 6. The molecule has 3 heterocycles. The standard InChI is InChI=1S/C26H26N4O2/c1-26(2,31)19-12-13-24(27-15-19)32-20-16-30(17-20)25-22-11-7-6-10-21(22)23(28-29-25)14-18-8-4-3-5-9-18/h3-13,15,20,31H,14,16-17H2,1-2H3. The smallest absolute Gasteiger partial charge is 0.213 e. The van der Waals surface area contributed by atoms with Crippen molar-refractivity contribution in [1.29, 1.82) is 0 Å². The van der Waals surface area contributed by atoms with Crippen LogP contribution >= 0.6 is 0 Å². The van der Waals surface area contributed by atoms with Crippen molar-refractivity contribution in [1.82, 2.24) is 15.2 Å². The van der Waals surface area contributed by atoms with Gasteiger partial charge in [-0.3, -0.25) is 0 Å². The average Bonchev–Trinajstić information content (AvgIpc) is 2.77. The molecule has 2 aromatic carbocycles. The molecule has 0 saturated carbocycles. The molecule has 162 valence electrons. The van der Waals surface area contributed by atoms with Crippen LogP contribution in [0.1, 0.15) is 30.7 Å². The lowest BCUT2D eigenvalue weighted by Gasteiger charge is -2.39. The lowest BCUT2D eigenvalue weighted by molar-refractivity contribution is 0.0779. The van der Waals surface area contributed by atoms with Crippen LogP contribution in [0.25, 0.3) is 10.8 Å². The van der Waals surface area contributed by atoms with E-state index in [-0.39, 0.29) is 6.10 Å². The molecule has 0 aliphatic carbocycles. The topological polar surface area (TPSA) is 71.4 Å². The van der Waals surface area contributed by atoms with Crippen LogP contribution in [0.5, 0.6) is 5.88 Å². The number of fused-ring (bicyclic) bond motifs is 1. The van der Waals surface area contributed by atoms with Crippen molar-refractivity contribution in [3.8, 4) is 5.88 Å². The third kappa shape index (κ3) is 4.14. The molecule has 0 unspecified atom stereocenters. The third-order valence-corrected chi connectivity index (χ3v) is 5.84. The third-order valence-electron chi connectivity index (χ3n) is 5.84. The first-order valence-electron chi connectivity index (χ1n) is 10.9. The van der Waals surface area contributed by atoms with E-state index in [1.807, 2.05) is 42.5 Å². The van der Waals surface area contributed by atoms with Gasteiger partial charge in [0.2, 0.25) is 5.88 Å². The molecule has 0 amide bonds. The molecule has 1 fully saturated rings. The summed E-state index contributed by atoms with van der Waals surface area (Å²) in [7, 11) is 0. The van der Waals surface area contributed by atoms with Gasteiger partial charge < -0.3 is 14.7 Å². The SMILES string of the molecule is CC(C)(O)c1ccc(OC2CN(c3nnc(Cc4ccccc4)c4ccccc34)C2)nc1. The van der Waals surface area contributed by atoms with Crippen LogP contribution in [-0.2, 0) is 12.0 Å². The maximum absolute atomic E-state index is 10.1. The number of benzene rings is 2. The van der Waals surface area contributed by atoms with Gasteiger partial charge in [0.1, 0.15) is 6.10 Å². The summed E-state index contributed by atoms with van der Waals surface area (Å²) >= 11 is 0. The van der Waals surface area contributed by atoms with Gasteiger partial charge in [0.05, 0.1) is 24.4 Å². The Balaban J connectivity index is 1.30. The number of nitrogens with zero attached hydrogens (tertiary/aromatic N) is 4. The minimum atomic E-state index is -0.912. The average molecular weight is 427 g/mol. The first-order chi connectivity index (χ1) is 15.5. The molecule has 5 rings (SSSR count). The Kier molecular flexibility index (Phi) is 5.23. The summed E-state index contributed by atoms with van der Waals surface area (Å²) < 4.78 is 6.00. The minimum absolute atomic E-state index is 0.0417. The van der Waals surface area contributed by atoms with Gasteiger partial charge in [0, 0.05) is 35.0 Å². The lowest BCUT2D eigenvalue weighted by atomic mass is 10.0. The second-order valence-electron chi connectivity index (χ2n) is 8.77. The Labute approximate surface area is 187 Å². The zero-order valence-corrected chi connectivity index (χ0v) is 18.3. The van der Waals surface area contributed by atoms with Crippen LogP contribution < -0.4 is 9.64 Å². The minimum Gasteiger partial charge on any atom is -0.471 e. The number of pyridine rings is 1. The molecule has 1 saturated heterocycles. The fourth-order valence-electron chi connectivity index (χ4n) is 3.97. The first-order valence-corrected chi connectivity index (χ1v) is 10.9. The molecule has 6 nitrogen and oxygen atoms in total. The van der Waals surface area contributed by atoms with Crippen LogP contribution in [0.4, 0.5) is 5.82 Å². The quantitative estimate of drug-likeness (QED) is 0.500. The highest BCUT2D eigenvalue weighted by Gasteiger charge is 2.31. The molecule has 2 aromatic heterocycles. The number of anilines is 1. The van der Waals surface area contributed by atoms with Crippen LogP contribution in [-0.4, -0.2) is 39.5 Å². The van der Waals surface area contributed by atoms with Crippen molar-refractivity contribution in [2.45, 2.75) is 32.0 Å². The fraction of sp³-hybridized carbons (Fsp3) is 0.269. The summed E-state index contributed by atoms with van der Waals surface area (Å²) in [5, 5.41) is 21.5. The Bertz CT molecular complexity index is 1210. The molecule has 0 spiro atoms. The van der Waals surface area contributed by atoms with Crippen molar-refractivity contribution in [2.75, 3.05) is 18.0 Å². The predicted octanol–water partition coefficient (Wildman–Crippen LogP) is 4.11. The van der Waals surface area contributed by atoms with E-state index in [0.29, 0.717) is 5.88 Å². The number of aliphatic hydroxyl groups is 1. The largest absolute Gasteiger partial charge is 0.471 e. The van der Waals surface area contributed by atoms with Gasteiger partial charge in [0.15, 0.2) is 5.82 Å². The predicted molar refractivity (Wildman–Crippen MR) is 125 cm³/mol. The van der Waals surface area contributed by atoms with Crippen molar-refractivity contribution < 1.29 is 9.84 Å². The number of rotatable bonds is 6. The molecular formula is C26H26N4O2. The monoisotopic (exact) mass is 426 g/mol. The fourth-order valence-corrected chi connectivity index (χ4v) is 3.97. The van der Waals surface area contributed by atoms with E-state index in [1.54, 1.807) is 20.0 Å². The normalized spacial score (nSPS) is 14.4. The number of aromatic nitrogens is 3. The summed E-state index contributed by atoms with van der Waals surface area (Å²) in [6.45, 7) is 4.94. The number of hydrogen-bond donors (Lipinski definition) is 1. The highest BCUT2D eigenvalue weighted by molar-refractivity contribution is 5.93. The van der Waals surface area contributed by atoms with Crippen molar-refractivity contribution >= 4 is 16.6 Å². The molecule has 0 atom stereocenters. The maximum Gasteiger partial charge on any atom is 0.213 e. The van der Waals surface area contributed by atoms with Crippen LogP contribution in [0.2, 0.25) is 0 Å². The summed E-state index contributed by atoms with van der Waals surface area (Å²) in [6, 6.07) is 22.3. The van der Waals surface area contributed by atoms with Gasteiger partial charge in [0.25, 0.3) is 0 Å². The van der Waals surface area contributed by atoms with Crippen LogP contribution in [0, 0.1) is 0 Å². The van der Waals surface area contributed by atoms with Crippen LogP contribution in [0.15, 0.2) is 72.9 Å². The molecule has 4 aromatic rings. The molecule has 1 aliphatic rings. The zero-order chi connectivity index (χ0) is 22.1. The zero-order valence-electron chi connectivity index (χ0n) is 18.3. The van der Waals surface area contributed by atoms with Gasteiger partial charge in [-0.1, -0.05) is 54.6 Å². The molecule has 32 heavy (non-hydrogen) atoms. The van der Waals surface area contributed by atoms with Gasteiger partial charge in [-0.25, -0.2) is 4.98 Å². The summed E-state index contributed by atoms with van der Waals surface area (Å²) in [6.07, 6.45) is 2.46. The van der Waals surface area contributed by atoms with E-state index < -0.39 is 5.60 Å². The van der Waals surface area contributed by atoms with Gasteiger partial charge >= 0.3 is 0 Å². The highest BCUT2D eigenvalue weighted by Crippen LogP contribution is 2.31. The van der Waals surface area contributed by atoms with E-state index in [2.05, 4.69) is 44.3 Å². The number of ether oxygens (including phenoxy) is 1. The van der Waals surface area contributed by atoms with Gasteiger partial charge in [-0.2, -0.15) is 5.10 Å². The van der Waals surface area contributed by atoms with E-state index >= 15 is 0 Å². The Hall–Kier alpha value is -3.51. The lowest BCUT2D eigenvalue weighted by Crippen LogP contribution is -2.54.